The van der Waals surface area contributed by atoms with E-state index >= 15 is 0 Å². The highest BCUT2D eigenvalue weighted by Gasteiger charge is 2.00. The first-order chi connectivity index (χ1) is 7.54. The molecule has 0 unspecified atom stereocenters. The van der Waals surface area contributed by atoms with E-state index in [-0.39, 0.29) is 0 Å². The Balaban J connectivity index is 3.04. The third-order valence-electron chi connectivity index (χ3n) is 1.77. The summed E-state index contributed by atoms with van der Waals surface area (Å²) in [7, 11) is 0. The van der Waals surface area contributed by atoms with Gasteiger partial charge in [-0.3, -0.25) is 0 Å². The zero-order valence-corrected chi connectivity index (χ0v) is 10.1. The van der Waals surface area contributed by atoms with Gasteiger partial charge in [0.05, 0.1) is 34.8 Å². The Morgan fingerprint density at radius 1 is 1.12 bits per heavy atom. The minimum Gasteiger partial charge on any atom is -0.545 e. The van der Waals surface area contributed by atoms with Gasteiger partial charge < -0.3 is 23.3 Å². The van der Waals surface area contributed by atoms with Gasteiger partial charge in [-0.05, 0) is 23.8 Å². The number of carboxylic acids is 2. The number of hydrogen-bond donors (Lipinski definition) is 1. The molecule has 0 amide bonds. The van der Waals surface area contributed by atoms with Crippen molar-refractivity contribution in [3.63, 3.8) is 0 Å². The molecule has 0 bridgehead atoms. The number of rotatable bonds is 4. The molecule has 1 rings (SSSR count). The fraction of sp³-hybridized carbons (Fsp3) is 0. The van der Waals surface area contributed by atoms with Gasteiger partial charge in [-0.1, -0.05) is 12.1 Å². The molecule has 0 saturated heterocycles. The summed E-state index contributed by atoms with van der Waals surface area (Å²) >= 11 is 1.94. The summed E-state index contributed by atoms with van der Waals surface area (Å²) in [4.78, 5) is 20.9. The molecule has 0 spiro atoms. The lowest BCUT2D eigenvalue weighted by Crippen LogP contribution is -2.36. The van der Waals surface area contributed by atoms with Crippen LogP contribution in [0.25, 0.3) is 6.08 Å². The summed E-state index contributed by atoms with van der Waals surface area (Å²) in [6, 6.07) is 6.51. The first-order valence-corrected chi connectivity index (χ1v) is 5.23. The second kappa shape index (κ2) is 5.50. The minimum atomic E-state index is -1.77. The maximum absolute atomic E-state index is 10.5. The van der Waals surface area contributed by atoms with Crippen LogP contribution in [0.1, 0.15) is 5.56 Å². The van der Waals surface area contributed by atoms with Crippen molar-refractivity contribution in [2.75, 3.05) is 3.53 Å². The van der Waals surface area contributed by atoms with Crippen LogP contribution in [0.2, 0.25) is 0 Å². The molecule has 0 aliphatic rings. The van der Waals surface area contributed by atoms with Crippen LogP contribution in [0.3, 0.4) is 0 Å². The molecule has 1 aromatic carbocycles. The molecule has 0 aliphatic heterocycles. The minimum absolute atomic E-state index is 0.443. The predicted molar refractivity (Wildman–Crippen MR) is 62.1 cm³/mol. The number of halogens is 1. The lowest BCUT2D eigenvalue weighted by Gasteiger charge is -2.09. The number of anilines is 1. The fourth-order valence-corrected chi connectivity index (χ4v) is 1.37. The highest BCUT2D eigenvalue weighted by molar-refractivity contribution is 14.1. The third kappa shape index (κ3) is 3.23. The van der Waals surface area contributed by atoms with Crippen molar-refractivity contribution >= 4 is 46.6 Å². The van der Waals surface area contributed by atoms with Crippen molar-refractivity contribution in [1.29, 1.82) is 0 Å². The normalized spacial score (nSPS) is 9.31. The Labute approximate surface area is 105 Å². The molecule has 1 N–H and O–H groups in total. The highest BCUT2D eigenvalue weighted by Crippen LogP contribution is 2.13. The van der Waals surface area contributed by atoms with Crippen LogP contribution in [0.5, 0.6) is 0 Å². The molecule has 0 atom stereocenters. The summed E-state index contributed by atoms with van der Waals surface area (Å²) < 4.78 is 2.84. The second-order valence-corrected chi connectivity index (χ2v) is 3.39. The van der Waals surface area contributed by atoms with Crippen LogP contribution in [-0.2, 0) is 9.59 Å². The monoisotopic (exact) mass is 331 g/mol. The molecule has 0 saturated carbocycles. The summed E-state index contributed by atoms with van der Waals surface area (Å²) in [6.07, 6.45) is 0.988. The molecule has 0 fully saturated rings. The largest absolute Gasteiger partial charge is 0.545 e. The number of benzene rings is 1. The maximum atomic E-state index is 10.5. The standard InChI is InChI=1S/C10H8INO4/c11-12-7-3-1-6(2-4-7)5-8(9(13)14)10(15)16/h1-5,12H,(H,13,14)(H,15,16)/p-2. The molecular formula is C10H6INO4-2. The van der Waals surface area contributed by atoms with Gasteiger partial charge in [-0.25, -0.2) is 0 Å². The van der Waals surface area contributed by atoms with Crippen LogP contribution in [0.4, 0.5) is 5.69 Å². The average molecular weight is 331 g/mol. The zero-order chi connectivity index (χ0) is 12.1. The molecular weight excluding hydrogens is 325 g/mol. The average Bonchev–Trinajstić information content (AvgIpc) is 2.25. The quantitative estimate of drug-likeness (QED) is 0.260. The predicted octanol–water partition coefficient (Wildman–Crippen LogP) is -0.668. The maximum Gasteiger partial charge on any atom is 0.0733 e. The Bertz CT molecular complexity index is 423. The molecule has 0 aromatic heterocycles. The lowest BCUT2D eigenvalue weighted by molar-refractivity contribution is -0.311. The van der Waals surface area contributed by atoms with Gasteiger partial charge >= 0.3 is 0 Å². The Morgan fingerprint density at radius 2 is 1.62 bits per heavy atom. The molecule has 0 radical (unpaired) electrons. The number of carboxylic acid groups (broad SMARTS) is 2. The van der Waals surface area contributed by atoms with Gasteiger partial charge in [0, 0.05) is 11.3 Å². The van der Waals surface area contributed by atoms with E-state index in [1.165, 1.54) is 0 Å². The Morgan fingerprint density at radius 3 is 2.00 bits per heavy atom. The van der Waals surface area contributed by atoms with E-state index in [2.05, 4.69) is 3.53 Å². The molecule has 6 heteroatoms. The van der Waals surface area contributed by atoms with Gasteiger partial charge in [0.1, 0.15) is 0 Å². The number of hydrogen-bond acceptors (Lipinski definition) is 5. The highest BCUT2D eigenvalue weighted by atomic mass is 127. The Kier molecular flexibility index (Phi) is 4.29. The fourth-order valence-electron chi connectivity index (χ4n) is 1.01. The molecule has 0 heterocycles. The molecule has 5 nitrogen and oxygen atoms in total. The van der Waals surface area contributed by atoms with Crippen molar-refractivity contribution in [2.45, 2.75) is 0 Å². The SMILES string of the molecule is O=C([O-])C(=Cc1ccc(NI)cc1)C(=O)[O-]. The van der Waals surface area contributed by atoms with Crippen LogP contribution in [0.15, 0.2) is 29.8 Å². The van der Waals surface area contributed by atoms with E-state index in [0.717, 1.165) is 11.8 Å². The van der Waals surface area contributed by atoms with Crippen molar-refractivity contribution in [2.24, 2.45) is 0 Å². The van der Waals surface area contributed by atoms with Gasteiger partial charge in [-0.15, -0.1) is 0 Å². The summed E-state index contributed by atoms with van der Waals surface area (Å²) in [5.41, 5.74) is 0.384. The van der Waals surface area contributed by atoms with Gasteiger partial charge in [0.2, 0.25) is 0 Å². The summed E-state index contributed by atoms with van der Waals surface area (Å²) in [6.45, 7) is 0. The van der Waals surface area contributed by atoms with E-state index in [1.807, 2.05) is 22.9 Å². The summed E-state index contributed by atoms with van der Waals surface area (Å²) in [5.74, 6) is -3.54. The van der Waals surface area contributed by atoms with Crippen LogP contribution >= 0.6 is 22.9 Å². The van der Waals surface area contributed by atoms with Crippen LogP contribution in [0, 0.1) is 0 Å². The van der Waals surface area contributed by atoms with Crippen molar-refractivity contribution in [1.82, 2.24) is 0 Å². The van der Waals surface area contributed by atoms with Gasteiger partial charge in [0.15, 0.2) is 0 Å². The van der Waals surface area contributed by atoms with Gasteiger partial charge in [-0.2, -0.15) is 0 Å². The van der Waals surface area contributed by atoms with Crippen molar-refractivity contribution in [3.05, 3.63) is 35.4 Å². The lowest BCUT2D eigenvalue weighted by atomic mass is 10.1. The van der Waals surface area contributed by atoms with E-state index in [0.29, 0.717) is 5.56 Å². The second-order valence-electron chi connectivity index (χ2n) is 2.85. The zero-order valence-electron chi connectivity index (χ0n) is 7.90. The van der Waals surface area contributed by atoms with Crippen LogP contribution < -0.4 is 13.7 Å². The van der Waals surface area contributed by atoms with E-state index in [4.69, 9.17) is 0 Å². The molecule has 84 valence electrons. The molecule has 1 aromatic rings. The first kappa shape index (κ1) is 12.5. The molecule has 0 aliphatic carbocycles. The van der Waals surface area contributed by atoms with E-state index in [1.54, 1.807) is 24.3 Å². The van der Waals surface area contributed by atoms with E-state index in [9.17, 15) is 19.8 Å². The number of carbonyl (C=O) groups is 2. The van der Waals surface area contributed by atoms with Crippen molar-refractivity contribution in [3.8, 4) is 0 Å². The topological polar surface area (TPSA) is 92.3 Å². The smallest absolute Gasteiger partial charge is 0.0733 e. The number of carbonyl (C=O) groups excluding carboxylic acids is 2. The Hall–Kier alpha value is -1.57. The van der Waals surface area contributed by atoms with Crippen molar-refractivity contribution < 1.29 is 19.8 Å². The third-order valence-corrected chi connectivity index (χ3v) is 2.39. The van der Waals surface area contributed by atoms with Crippen LogP contribution in [-0.4, -0.2) is 11.9 Å². The number of aliphatic carboxylic acids is 2. The molecule has 16 heavy (non-hydrogen) atoms. The first-order valence-electron chi connectivity index (χ1n) is 4.15. The van der Waals surface area contributed by atoms with Gasteiger partial charge in [0.25, 0.3) is 0 Å². The number of nitrogens with one attached hydrogen (secondary N) is 1. The van der Waals surface area contributed by atoms with E-state index < -0.39 is 17.5 Å². The summed E-state index contributed by atoms with van der Waals surface area (Å²) in [5, 5.41) is 20.9.